The SMILES string of the molecule is Cc1ccc(C(=O)Nc2ccc3c(c2)OCO3)cc1NS(C)(=O)=O. The van der Waals surface area contributed by atoms with Crippen molar-refractivity contribution in [1.82, 2.24) is 0 Å². The van der Waals surface area contributed by atoms with E-state index >= 15 is 0 Å². The minimum absolute atomic E-state index is 0.158. The molecule has 0 aromatic heterocycles. The van der Waals surface area contributed by atoms with Crippen LogP contribution in [0.1, 0.15) is 15.9 Å². The van der Waals surface area contributed by atoms with E-state index in [9.17, 15) is 13.2 Å². The summed E-state index contributed by atoms with van der Waals surface area (Å²) in [6, 6.07) is 9.90. The summed E-state index contributed by atoms with van der Waals surface area (Å²) in [6.45, 7) is 1.91. The number of amides is 1. The summed E-state index contributed by atoms with van der Waals surface area (Å²) in [5.74, 6) is 0.838. The van der Waals surface area contributed by atoms with Gasteiger partial charge in [0.1, 0.15) is 0 Å². The highest BCUT2D eigenvalue weighted by atomic mass is 32.2. The van der Waals surface area contributed by atoms with Gasteiger partial charge in [-0.1, -0.05) is 6.07 Å². The summed E-state index contributed by atoms with van der Waals surface area (Å²) >= 11 is 0. The lowest BCUT2D eigenvalue weighted by molar-refractivity contribution is 0.102. The molecule has 2 aromatic rings. The maximum atomic E-state index is 12.4. The van der Waals surface area contributed by atoms with Crippen LogP contribution in [0.4, 0.5) is 11.4 Å². The Morgan fingerprint density at radius 2 is 1.83 bits per heavy atom. The molecule has 0 saturated heterocycles. The molecule has 0 spiro atoms. The summed E-state index contributed by atoms with van der Waals surface area (Å²) in [7, 11) is -3.42. The fourth-order valence-electron chi connectivity index (χ4n) is 2.25. The minimum atomic E-state index is -3.42. The zero-order valence-electron chi connectivity index (χ0n) is 13.1. The zero-order valence-corrected chi connectivity index (χ0v) is 13.9. The largest absolute Gasteiger partial charge is 0.454 e. The van der Waals surface area contributed by atoms with Crippen LogP contribution in [0.3, 0.4) is 0 Å². The number of carbonyl (C=O) groups is 1. The molecule has 0 aliphatic carbocycles. The molecule has 1 heterocycles. The number of ether oxygens (including phenoxy) is 2. The van der Waals surface area contributed by atoms with E-state index in [0.717, 1.165) is 11.8 Å². The van der Waals surface area contributed by atoms with Crippen LogP contribution in [0.5, 0.6) is 11.5 Å². The van der Waals surface area contributed by atoms with E-state index in [1.165, 1.54) is 6.07 Å². The van der Waals surface area contributed by atoms with Gasteiger partial charge in [0.15, 0.2) is 11.5 Å². The molecule has 0 radical (unpaired) electrons. The Labute approximate surface area is 139 Å². The molecule has 0 atom stereocenters. The van der Waals surface area contributed by atoms with Crippen molar-refractivity contribution >= 4 is 27.3 Å². The van der Waals surface area contributed by atoms with Gasteiger partial charge < -0.3 is 14.8 Å². The van der Waals surface area contributed by atoms with E-state index in [1.807, 2.05) is 0 Å². The molecule has 0 fully saturated rings. The minimum Gasteiger partial charge on any atom is -0.454 e. The van der Waals surface area contributed by atoms with Crippen LogP contribution in [-0.2, 0) is 10.0 Å². The number of fused-ring (bicyclic) bond motifs is 1. The molecule has 0 unspecified atom stereocenters. The molecule has 1 aliphatic rings. The van der Waals surface area contributed by atoms with Crippen molar-refractivity contribution in [2.45, 2.75) is 6.92 Å². The van der Waals surface area contributed by atoms with Gasteiger partial charge in [0.2, 0.25) is 16.8 Å². The van der Waals surface area contributed by atoms with Gasteiger partial charge in [-0.3, -0.25) is 9.52 Å². The summed E-state index contributed by atoms with van der Waals surface area (Å²) in [6.07, 6.45) is 1.06. The molecule has 0 saturated carbocycles. The Balaban J connectivity index is 1.81. The zero-order chi connectivity index (χ0) is 17.3. The number of aryl methyl sites for hydroxylation is 1. The highest BCUT2D eigenvalue weighted by Gasteiger charge is 2.15. The number of carbonyl (C=O) groups excluding carboxylic acids is 1. The fraction of sp³-hybridized carbons (Fsp3) is 0.188. The molecule has 8 heteroatoms. The fourth-order valence-corrected chi connectivity index (χ4v) is 2.87. The van der Waals surface area contributed by atoms with Crippen molar-refractivity contribution in [3.05, 3.63) is 47.5 Å². The molecule has 1 aliphatic heterocycles. The summed E-state index contributed by atoms with van der Waals surface area (Å²) in [5, 5.41) is 2.75. The van der Waals surface area contributed by atoms with Crippen LogP contribution < -0.4 is 19.5 Å². The van der Waals surface area contributed by atoms with Crippen LogP contribution >= 0.6 is 0 Å². The molecular weight excluding hydrogens is 332 g/mol. The Bertz CT molecular complexity index is 909. The number of anilines is 2. The van der Waals surface area contributed by atoms with Gasteiger partial charge in [-0.15, -0.1) is 0 Å². The van der Waals surface area contributed by atoms with Crippen molar-refractivity contribution in [3.63, 3.8) is 0 Å². The monoisotopic (exact) mass is 348 g/mol. The lowest BCUT2D eigenvalue weighted by Crippen LogP contribution is -2.14. The number of hydrogen-bond donors (Lipinski definition) is 2. The molecule has 1 amide bonds. The maximum absolute atomic E-state index is 12.4. The molecule has 24 heavy (non-hydrogen) atoms. The molecule has 2 N–H and O–H groups in total. The van der Waals surface area contributed by atoms with Crippen molar-refractivity contribution in [1.29, 1.82) is 0 Å². The van der Waals surface area contributed by atoms with Gasteiger partial charge in [0.25, 0.3) is 5.91 Å². The van der Waals surface area contributed by atoms with E-state index < -0.39 is 10.0 Å². The first-order valence-electron chi connectivity index (χ1n) is 7.11. The second kappa shape index (κ2) is 6.04. The molecule has 3 rings (SSSR count). The van der Waals surface area contributed by atoms with Gasteiger partial charge in [-0.05, 0) is 36.8 Å². The number of hydrogen-bond acceptors (Lipinski definition) is 5. The molecular formula is C16H16N2O5S. The van der Waals surface area contributed by atoms with Crippen molar-refractivity contribution in [2.24, 2.45) is 0 Å². The van der Waals surface area contributed by atoms with Crippen LogP contribution in [0.2, 0.25) is 0 Å². The van der Waals surface area contributed by atoms with Crippen molar-refractivity contribution < 1.29 is 22.7 Å². The Kier molecular flexibility index (Phi) is 4.06. The quantitative estimate of drug-likeness (QED) is 0.884. The molecule has 0 bridgehead atoms. The van der Waals surface area contributed by atoms with Gasteiger partial charge in [0.05, 0.1) is 11.9 Å². The smallest absolute Gasteiger partial charge is 0.255 e. The maximum Gasteiger partial charge on any atom is 0.255 e. The normalized spacial score (nSPS) is 12.8. The van der Waals surface area contributed by atoms with Gasteiger partial charge in [0, 0.05) is 17.3 Å². The third kappa shape index (κ3) is 3.60. The van der Waals surface area contributed by atoms with Crippen LogP contribution in [0.15, 0.2) is 36.4 Å². The predicted molar refractivity (Wildman–Crippen MR) is 90.2 cm³/mol. The van der Waals surface area contributed by atoms with Gasteiger partial charge >= 0.3 is 0 Å². The van der Waals surface area contributed by atoms with Crippen LogP contribution in [-0.4, -0.2) is 27.4 Å². The van der Waals surface area contributed by atoms with E-state index in [1.54, 1.807) is 37.3 Å². The number of rotatable bonds is 4. The molecule has 7 nitrogen and oxygen atoms in total. The van der Waals surface area contributed by atoms with Crippen molar-refractivity contribution in [2.75, 3.05) is 23.1 Å². The summed E-state index contributed by atoms with van der Waals surface area (Å²) < 4.78 is 35.7. The summed E-state index contributed by atoms with van der Waals surface area (Å²) in [4.78, 5) is 12.4. The van der Waals surface area contributed by atoms with E-state index in [0.29, 0.717) is 28.4 Å². The molecule has 2 aromatic carbocycles. The number of nitrogens with one attached hydrogen (secondary N) is 2. The molecule has 126 valence electrons. The van der Waals surface area contributed by atoms with Gasteiger partial charge in [-0.2, -0.15) is 0 Å². The average molecular weight is 348 g/mol. The van der Waals surface area contributed by atoms with Crippen molar-refractivity contribution in [3.8, 4) is 11.5 Å². The number of benzene rings is 2. The highest BCUT2D eigenvalue weighted by Crippen LogP contribution is 2.34. The lowest BCUT2D eigenvalue weighted by Gasteiger charge is -2.11. The van der Waals surface area contributed by atoms with E-state index in [4.69, 9.17) is 9.47 Å². The second-order valence-corrected chi connectivity index (χ2v) is 7.17. The van der Waals surface area contributed by atoms with Crippen LogP contribution in [0.25, 0.3) is 0 Å². The standard InChI is InChI=1S/C16H16N2O5S/c1-10-3-4-11(7-13(10)18-24(2,20)21)16(19)17-12-5-6-14-15(8-12)23-9-22-14/h3-8,18H,9H2,1-2H3,(H,17,19). The van der Waals surface area contributed by atoms with Crippen LogP contribution in [0, 0.1) is 6.92 Å². The predicted octanol–water partition coefficient (Wildman–Crippen LogP) is 2.35. The third-order valence-electron chi connectivity index (χ3n) is 3.43. The Morgan fingerprint density at radius 3 is 2.58 bits per heavy atom. The second-order valence-electron chi connectivity index (χ2n) is 5.43. The average Bonchev–Trinajstić information content (AvgIpc) is 2.95. The topological polar surface area (TPSA) is 93.7 Å². The van der Waals surface area contributed by atoms with Gasteiger partial charge in [-0.25, -0.2) is 8.42 Å². The number of sulfonamides is 1. The first-order valence-corrected chi connectivity index (χ1v) is 9.00. The first kappa shape index (κ1) is 16.1. The Hall–Kier alpha value is -2.74. The summed E-state index contributed by atoms with van der Waals surface area (Å²) in [5.41, 5.74) is 1.99. The lowest BCUT2D eigenvalue weighted by atomic mass is 10.1. The first-order chi connectivity index (χ1) is 11.3. The van der Waals surface area contributed by atoms with E-state index in [-0.39, 0.29) is 12.7 Å². The van der Waals surface area contributed by atoms with E-state index in [2.05, 4.69) is 10.0 Å². The third-order valence-corrected chi connectivity index (χ3v) is 4.02. The Morgan fingerprint density at radius 1 is 1.08 bits per heavy atom. The highest BCUT2D eigenvalue weighted by molar-refractivity contribution is 7.92.